The molecule has 0 radical (unpaired) electrons. The number of carbonyl (C=O) groups is 1. The van der Waals surface area contributed by atoms with Gasteiger partial charge in [0.15, 0.2) is 0 Å². The Bertz CT molecular complexity index is 861. The van der Waals surface area contributed by atoms with Crippen LogP contribution in [0.15, 0.2) is 48.5 Å². The third-order valence-corrected chi connectivity index (χ3v) is 4.04. The minimum absolute atomic E-state index is 0.186. The number of halogens is 2. The molecule has 1 aromatic heterocycles. The first-order valence-electron chi connectivity index (χ1n) is 8.00. The van der Waals surface area contributed by atoms with Crippen LogP contribution in [0.5, 0.6) is 0 Å². The highest BCUT2D eigenvalue weighted by atomic mass is 35.5. The molecule has 130 valence electrons. The average Bonchev–Trinajstić information content (AvgIpc) is 3.02. The molecule has 0 fully saturated rings. The average molecular weight is 361 g/mol. The van der Waals surface area contributed by atoms with Gasteiger partial charge in [-0.25, -0.2) is 4.39 Å². The van der Waals surface area contributed by atoms with E-state index in [1.807, 2.05) is 12.1 Å². The number of H-pyrrole nitrogens is 1. The molecule has 2 aromatic carbocycles. The zero-order chi connectivity index (χ0) is 17.6. The number of amides is 1. The molecule has 0 unspecified atom stereocenters. The quantitative estimate of drug-likeness (QED) is 0.627. The Balaban J connectivity index is 1.39. The Kier molecular flexibility index (Phi) is 5.68. The van der Waals surface area contributed by atoms with E-state index in [0.717, 1.165) is 16.5 Å². The van der Waals surface area contributed by atoms with Gasteiger partial charge in [-0.15, -0.1) is 0 Å². The smallest absolute Gasteiger partial charge is 0.267 e. The van der Waals surface area contributed by atoms with Crippen LogP contribution in [0, 0.1) is 5.82 Å². The maximum atomic E-state index is 12.8. The van der Waals surface area contributed by atoms with Crippen molar-refractivity contribution in [1.29, 1.82) is 0 Å². The van der Waals surface area contributed by atoms with Crippen LogP contribution in [0.1, 0.15) is 16.1 Å². The summed E-state index contributed by atoms with van der Waals surface area (Å²) in [7, 11) is 0. The van der Waals surface area contributed by atoms with Gasteiger partial charge in [-0.1, -0.05) is 23.7 Å². The highest BCUT2D eigenvalue weighted by Gasteiger charge is 2.09. The maximum Gasteiger partial charge on any atom is 0.267 e. The van der Waals surface area contributed by atoms with Crippen molar-refractivity contribution in [2.45, 2.75) is 6.42 Å². The van der Waals surface area contributed by atoms with Gasteiger partial charge < -0.3 is 15.0 Å². The lowest BCUT2D eigenvalue weighted by Crippen LogP contribution is -2.27. The number of aromatic nitrogens is 1. The lowest BCUT2D eigenvalue weighted by Gasteiger charge is -2.06. The van der Waals surface area contributed by atoms with Gasteiger partial charge in [0.05, 0.1) is 13.2 Å². The number of benzene rings is 2. The number of ether oxygens (including phenoxy) is 1. The zero-order valence-electron chi connectivity index (χ0n) is 13.5. The second-order valence-corrected chi connectivity index (χ2v) is 6.10. The fourth-order valence-corrected chi connectivity index (χ4v) is 2.68. The van der Waals surface area contributed by atoms with Crippen molar-refractivity contribution in [3.8, 4) is 0 Å². The van der Waals surface area contributed by atoms with E-state index in [-0.39, 0.29) is 11.7 Å². The molecule has 0 saturated heterocycles. The molecule has 0 aliphatic heterocycles. The molecule has 0 spiro atoms. The number of hydrogen-bond donors (Lipinski definition) is 2. The summed E-state index contributed by atoms with van der Waals surface area (Å²) in [5.41, 5.74) is 2.37. The lowest BCUT2D eigenvalue weighted by atomic mass is 10.2. The summed E-state index contributed by atoms with van der Waals surface area (Å²) < 4.78 is 18.3. The monoisotopic (exact) mass is 360 g/mol. The van der Waals surface area contributed by atoms with E-state index in [9.17, 15) is 9.18 Å². The molecule has 3 aromatic rings. The molecule has 1 amide bonds. The van der Waals surface area contributed by atoms with E-state index >= 15 is 0 Å². The zero-order valence-corrected chi connectivity index (χ0v) is 14.3. The van der Waals surface area contributed by atoms with E-state index in [1.165, 1.54) is 12.1 Å². The normalized spacial score (nSPS) is 11.0. The van der Waals surface area contributed by atoms with Crippen molar-refractivity contribution in [2.24, 2.45) is 0 Å². The van der Waals surface area contributed by atoms with Crippen molar-refractivity contribution in [3.05, 3.63) is 70.6 Å². The first-order chi connectivity index (χ1) is 12.1. The number of fused-ring (bicyclic) bond motifs is 1. The second-order valence-electron chi connectivity index (χ2n) is 5.66. The first kappa shape index (κ1) is 17.5. The number of carbonyl (C=O) groups excluding carboxylic acids is 1. The van der Waals surface area contributed by atoms with E-state index in [1.54, 1.807) is 24.3 Å². The third kappa shape index (κ3) is 4.81. The molecule has 6 heteroatoms. The number of aromatic amines is 1. The SMILES string of the molecule is O=C(NCCOCCc1ccc(F)cc1)c1cc2cc(Cl)ccc2[nH]1. The van der Waals surface area contributed by atoms with Crippen LogP contribution in [0.4, 0.5) is 4.39 Å². The summed E-state index contributed by atoms with van der Waals surface area (Å²) >= 11 is 5.94. The fourth-order valence-electron chi connectivity index (χ4n) is 2.50. The molecule has 25 heavy (non-hydrogen) atoms. The largest absolute Gasteiger partial charge is 0.379 e. The van der Waals surface area contributed by atoms with E-state index in [4.69, 9.17) is 16.3 Å². The Morgan fingerprint density at radius 2 is 1.92 bits per heavy atom. The molecule has 0 bridgehead atoms. The van der Waals surface area contributed by atoms with Crippen LogP contribution in [0.25, 0.3) is 10.9 Å². The summed E-state index contributed by atoms with van der Waals surface area (Å²) in [6.45, 7) is 1.35. The van der Waals surface area contributed by atoms with Crippen molar-refractivity contribution < 1.29 is 13.9 Å². The van der Waals surface area contributed by atoms with E-state index in [0.29, 0.717) is 36.9 Å². The van der Waals surface area contributed by atoms with Crippen LogP contribution < -0.4 is 5.32 Å². The predicted octanol–water partition coefficient (Wildman–Crippen LogP) is 3.95. The van der Waals surface area contributed by atoms with Gasteiger partial charge in [-0.2, -0.15) is 0 Å². The summed E-state index contributed by atoms with van der Waals surface area (Å²) in [4.78, 5) is 15.2. The molecule has 4 nitrogen and oxygen atoms in total. The number of hydrogen-bond acceptors (Lipinski definition) is 2. The first-order valence-corrected chi connectivity index (χ1v) is 8.38. The van der Waals surface area contributed by atoms with Gasteiger partial charge in [-0.3, -0.25) is 4.79 Å². The van der Waals surface area contributed by atoms with Gasteiger partial charge in [0, 0.05) is 22.5 Å². The summed E-state index contributed by atoms with van der Waals surface area (Å²) in [6, 6.07) is 13.5. The molecule has 2 N–H and O–H groups in total. The molecule has 1 heterocycles. The highest BCUT2D eigenvalue weighted by molar-refractivity contribution is 6.31. The fraction of sp³-hybridized carbons (Fsp3) is 0.211. The van der Waals surface area contributed by atoms with Gasteiger partial charge in [0.2, 0.25) is 0 Å². The van der Waals surface area contributed by atoms with Crippen LogP contribution in [-0.4, -0.2) is 30.6 Å². The minimum atomic E-state index is -0.244. The summed E-state index contributed by atoms with van der Waals surface area (Å²) in [5.74, 6) is -0.430. The lowest BCUT2D eigenvalue weighted by molar-refractivity contribution is 0.0913. The Hall–Kier alpha value is -2.37. The van der Waals surface area contributed by atoms with Crippen molar-refractivity contribution in [3.63, 3.8) is 0 Å². The molecular weight excluding hydrogens is 343 g/mol. The van der Waals surface area contributed by atoms with Gasteiger partial charge >= 0.3 is 0 Å². The predicted molar refractivity (Wildman–Crippen MR) is 96.6 cm³/mol. The summed E-state index contributed by atoms with van der Waals surface area (Å²) in [5, 5.41) is 4.33. The molecule has 0 aliphatic carbocycles. The highest BCUT2D eigenvalue weighted by Crippen LogP contribution is 2.19. The van der Waals surface area contributed by atoms with Crippen LogP contribution in [0.2, 0.25) is 5.02 Å². The molecule has 0 atom stereocenters. The van der Waals surface area contributed by atoms with Crippen molar-refractivity contribution in [1.82, 2.24) is 10.3 Å². The molecule has 3 rings (SSSR count). The Morgan fingerprint density at radius 3 is 2.72 bits per heavy atom. The van der Waals surface area contributed by atoms with Crippen LogP contribution in [-0.2, 0) is 11.2 Å². The van der Waals surface area contributed by atoms with Crippen LogP contribution in [0.3, 0.4) is 0 Å². The maximum absolute atomic E-state index is 12.8. The molecular formula is C19H18ClFN2O2. The van der Waals surface area contributed by atoms with Gasteiger partial charge in [0.25, 0.3) is 5.91 Å². The Labute approximate surface area is 149 Å². The number of rotatable bonds is 7. The number of nitrogens with one attached hydrogen (secondary N) is 2. The Morgan fingerprint density at radius 1 is 1.12 bits per heavy atom. The summed E-state index contributed by atoms with van der Waals surface area (Å²) in [6.07, 6.45) is 0.705. The standard InChI is InChI=1S/C19H18ClFN2O2/c20-15-3-6-17-14(11-15)12-18(23-17)19(24)22-8-10-25-9-7-13-1-4-16(21)5-2-13/h1-6,11-12,23H,7-10H2,(H,22,24). The van der Waals surface area contributed by atoms with E-state index in [2.05, 4.69) is 10.3 Å². The topological polar surface area (TPSA) is 54.1 Å². The molecule has 0 saturated carbocycles. The van der Waals surface area contributed by atoms with Crippen LogP contribution >= 0.6 is 11.6 Å². The van der Waals surface area contributed by atoms with E-state index < -0.39 is 0 Å². The van der Waals surface area contributed by atoms with Gasteiger partial charge in [-0.05, 0) is 48.4 Å². The van der Waals surface area contributed by atoms with Gasteiger partial charge in [0.1, 0.15) is 11.5 Å². The van der Waals surface area contributed by atoms with Crippen molar-refractivity contribution in [2.75, 3.05) is 19.8 Å². The second kappa shape index (κ2) is 8.14. The molecule has 0 aliphatic rings. The van der Waals surface area contributed by atoms with Crippen molar-refractivity contribution >= 4 is 28.4 Å². The third-order valence-electron chi connectivity index (χ3n) is 3.81. The minimum Gasteiger partial charge on any atom is -0.379 e.